The van der Waals surface area contributed by atoms with E-state index in [2.05, 4.69) is 157 Å². The zero-order valence-electron chi connectivity index (χ0n) is 27.0. The van der Waals surface area contributed by atoms with Gasteiger partial charge in [0.15, 0.2) is 0 Å². The van der Waals surface area contributed by atoms with E-state index in [1.807, 2.05) is 0 Å². The molecule has 0 spiro atoms. The highest BCUT2D eigenvalue weighted by Crippen LogP contribution is 1.96. The molecule has 0 heterocycles. The van der Waals surface area contributed by atoms with Crippen molar-refractivity contribution in [2.24, 2.45) is 0 Å². The van der Waals surface area contributed by atoms with Crippen molar-refractivity contribution in [3.63, 3.8) is 0 Å². The van der Waals surface area contributed by atoms with E-state index in [0.29, 0.717) is 0 Å². The number of rotatable bonds is 0. The highest BCUT2D eigenvalue weighted by molar-refractivity contribution is 6.76. The molecule has 0 rings (SSSR count). The van der Waals surface area contributed by atoms with Crippen LogP contribution in [0.5, 0.6) is 0 Å². The summed E-state index contributed by atoms with van der Waals surface area (Å²) in [5, 5.41) is 0. The van der Waals surface area contributed by atoms with Crippen LogP contribution in [0.25, 0.3) is 0 Å². The second-order valence-electron chi connectivity index (χ2n) is 18.0. The second-order valence-corrected chi connectivity index (χ2v) is 54.0. The van der Waals surface area contributed by atoms with Crippen LogP contribution in [0.1, 0.15) is 0 Å². The lowest BCUT2D eigenvalue weighted by Crippen LogP contribution is -2.10. The third-order valence-electron chi connectivity index (χ3n) is 0. The third-order valence-corrected chi connectivity index (χ3v) is 0. The summed E-state index contributed by atoms with van der Waals surface area (Å²) in [6, 6.07) is 0. The number of hydrogen-bond donors (Lipinski definition) is 0. The van der Waals surface area contributed by atoms with Crippen LogP contribution in [0.4, 0.5) is 0 Å². The Labute approximate surface area is 204 Å². The topological polar surface area (TPSA) is 0 Å². The van der Waals surface area contributed by atoms with Gasteiger partial charge in [0.25, 0.3) is 0 Å². The van der Waals surface area contributed by atoms with Crippen LogP contribution in [-0.4, -0.2) is 48.4 Å². The molecule has 0 radical (unpaired) electrons. The lowest BCUT2D eigenvalue weighted by molar-refractivity contribution is 1.71. The van der Waals surface area contributed by atoms with Crippen LogP contribution in [0.3, 0.4) is 0 Å². The minimum atomic E-state index is -0.611. The van der Waals surface area contributed by atoms with Crippen molar-refractivity contribution >= 4 is 48.4 Å². The molecule has 0 fully saturated rings. The van der Waals surface area contributed by atoms with Crippen LogP contribution in [0, 0.1) is 0 Å². The van der Waals surface area contributed by atoms with Gasteiger partial charge in [-0.3, -0.25) is 0 Å². The van der Waals surface area contributed by atoms with Crippen LogP contribution >= 0.6 is 0 Å². The molecule has 0 saturated heterocycles. The molecule has 0 aromatic carbocycles. The lowest BCUT2D eigenvalue weighted by Gasteiger charge is -2.01. The van der Waals surface area contributed by atoms with Crippen molar-refractivity contribution in [3.8, 4) is 0 Å². The summed E-state index contributed by atoms with van der Waals surface area (Å²) in [5.74, 6) is 0. The Bertz CT molecular complexity index is 208. The van der Waals surface area contributed by atoms with Crippen LogP contribution < -0.4 is 0 Å². The van der Waals surface area contributed by atoms with Crippen molar-refractivity contribution in [1.29, 1.82) is 0 Å². The second kappa shape index (κ2) is 18.7. The summed E-state index contributed by atoms with van der Waals surface area (Å²) >= 11 is 0. The average molecular weight is 529 g/mol. The molecule has 0 unspecified atom stereocenters. The van der Waals surface area contributed by atoms with Crippen molar-refractivity contribution in [3.05, 3.63) is 0 Å². The van der Waals surface area contributed by atoms with Gasteiger partial charge in [-0.25, -0.2) is 0 Å². The first-order valence-electron chi connectivity index (χ1n) is 12.0. The summed E-state index contributed by atoms with van der Waals surface area (Å²) in [6.07, 6.45) is 0. The maximum Gasteiger partial charge on any atom is 0.0411 e. The Hall–Kier alpha value is 1.30. The fourth-order valence-electron chi connectivity index (χ4n) is 0. The van der Waals surface area contributed by atoms with E-state index in [1.54, 1.807) is 0 Å². The molecule has 0 aliphatic rings. The molecule has 0 aromatic heterocycles. The summed E-state index contributed by atoms with van der Waals surface area (Å²) in [4.78, 5) is 0. The summed E-state index contributed by atoms with van der Waals surface area (Å²) in [6.45, 7) is 55.8. The van der Waals surface area contributed by atoms with Gasteiger partial charge in [-0.2, -0.15) is 0 Å². The first-order valence-corrected chi connectivity index (χ1v) is 36.0. The molecule has 0 atom stereocenters. The zero-order chi connectivity index (χ0) is 27.0. The van der Waals surface area contributed by atoms with Crippen LogP contribution in [0.15, 0.2) is 0 Å². The normalized spacial score (nSPS) is 12.0. The quantitative estimate of drug-likeness (QED) is 0.274. The lowest BCUT2D eigenvalue weighted by atomic mass is 11.8. The van der Waals surface area contributed by atoms with Gasteiger partial charge in [0.2, 0.25) is 0 Å². The van der Waals surface area contributed by atoms with Crippen molar-refractivity contribution < 1.29 is 0 Å². The van der Waals surface area contributed by atoms with Crippen molar-refractivity contribution in [1.82, 2.24) is 0 Å². The molecule has 0 bridgehead atoms. The summed E-state index contributed by atoms with van der Waals surface area (Å²) in [5.41, 5.74) is 0. The average Bonchev–Trinajstić information content (AvgIpc) is 1.94. The van der Waals surface area contributed by atoms with Gasteiger partial charge in [0.05, 0.1) is 0 Å². The summed E-state index contributed by atoms with van der Waals surface area (Å²) in [7, 11) is -3.67. The van der Waals surface area contributed by atoms with Gasteiger partial charge in [-0.15, -0.1) is 0 Å². The molecule has 0 amide bonds. The molecular weight excluding hydrogens is 457 g/mol. The molecule has 30 heavy (non-hydrogen) atoms. The fraction of sp³-hybridized carbons (Fsp3) is 1.00. The maximum absolute atomic E-state index is 2.33. The predicted octanol–water partition coefficient (Wildman–Crippen LogP) is 11.7. The van der Waals surface area contributed by atoms with Crippen LogP contribution in [-0.2, 0) is 0 Å². The molecule has 0 aliphatic heterocycles. The van der Waals surface area contributed by atoms with E-state index in [-0.39, 0.29) is 0 Å². The molecule has 0 aliphatic carbocycles. The Morgan fingerprint density at radius 2 is 0.133 bits per heavy atom. The van der Waals surface area contributed by atoms with Gasteiger partial charge in [0.1, 0.15) is 0 Å². The van der Waals surface area contributed by atoms with E-state index in [4.69, 9.17) is 0 Å². The van der Waals surface area contributed by atoms with Gasteiger partial charge in [0, 0.05) is 48.4 Å². The van der Waals surface area contributed by atoms with Gasteiger partial charge >= 0.3 is 0 Å². The highest BCUT2D eigenvalue weighted by Gasteiger charge is 2.01. The smallest absolute Gasteiger partial charge is 0.0411 e. The van der Waals surface area contributed by atoms with Gasteiger partial charge in [-0.1, -0.05) is 157 Å². The molecule has 192 valence electrons. The van der Waals surface area contributed by atoms with Crippen LogP contribution in [0.2, 0.25) is 157 Å². The molecule has 6 heteroatoms. The van der Waals surface area contributed by atoms with Crippen molar-refractivity contribution in [2.45, 2.75) is 157 Å². The Morgan fingerprint density at radius 3 is 0.133 bits per heavy atom. The molecular formula is C24H72Si6. The van der Waals surface area contributed by atoms with E-state index in [9.17, 15) is 0 Å². The minimum absolute atomic E-state index is 0.611. The van der Waals surface area contributed by atoms with E-state index in [1.165, 1.54) is 0 Å². The molecule has 0 aromatic rings. The Morgan fingerprint density at radius 1 is 0.133 bits per heavy atom. The first kappa shape index (κ1) is 44.9. The van der Waals surface area contributed by atoms with E-state index in [0.717, 1.165) is 0 Å². The largest absolute Gasteiger partial charge is 0.0697 e. The van der Waals surface area contributed by atoms with Gasteiger partial charge in [-0.05, 0) is 0 Å². The van der Waals surface area contributed by atoms with Crippen molar-refractivity contribution in [2.75, 3.05) is 0 Å². The molecule has 0 N–H and O–H groups in total. The zero-order valence-corrected chi connectivity index (χ0v) is 33.0. The maximum atomic E-state index is 2.33. The monoisotopic (exact) mass is 528 g/mol. The SMILES string of the molecule is C[Si](C)(C)C.C[Si](C)(C)C.C[Si](C)(C)C.C[Si](C)(C)C.C[Si](C)(C)C.C[Si](C)(C)C. The molecule has 0 saturated carbocycles. The highest BCUT2D eigenvalue weighted by atomic mass is 28.3. The van der Waals surface area contributed by atoms with E-state index < -0.39 is 48.4 Å². The first-order chi connectivity index (χ1) is 12.0. The Kier molecular flexibility index (Phi) is 28.0. The van der Waals surface area contributed by atoms with Gasteiger partial charge < -0.3 is 0 Å². The Balaban J connectivity index is -0.0000000576. The van der Waals surface area contributed by atoms with E-state index >= 15 is 0 Å². The predicted molar refractivity (Wildman–Crippen MR) is 175 cm³/mol. The summed E-state index contributed by atoms with van der Waals surface area (Å²) < 4.78 is 0. The standard InChI is InChI=1S/6C4H12Si/c6*1-5(2,3)4/h6*1-4H3. The molecule has 0 nitrogen and oxygen atoms in total. The third kappa shape index (κ3) is 13900. The fourth-order valence-corrected chi connectivity index (χ4v) is 0. The number of hydrogen-bond acceptors (Lipinski definition) is 0. The minimum Gasteiger partial charge on any atom is -0.0697 e.